The quantitative estimate of drug-likeness (QED) is 0.844. The summed E-state index contributed by atoms with van der Waals surface area (Å²) in [6.07, 6.45) is 3.14. The van der Waals surface area contributed by atoms with Gasteiger partial charge in [0.2, 0.25) is 10.0 Å². The first-order chi connectivity index (χ1) is 8.94. The van der Waals surface area contributed by atoms with E-state index in [-0.39, 0.29) is 22.0 Å². The smallest absolute Gasteiger partial charge is 0.240 e. The number of benzene rings is 1. The third kappa shape index (κ3) is 3.66. The lowest BCUT2D eigenvalue weighted by molar-refractivity contribution is 0.571. The topological polar surface area (TPSA) is 72.2 Å². The second-order valence-electron chi connectivity index (χ2n) is 4.71. The Bertz CT molecular complexity index is 573. The molecule has 1 fully saturated rings. The summed E-state index contributed by atoms with van der Waals surface area (Å²) in [6.45, 7) is 0.358. The van der Waals surface area contributed by atoms with E-state index in [1.165, 1.54) is 6.07 Å². The lowest BCUT2D eigenvalue weighted by atomic mass is 10.2. The molecule has 0 spiro atoms. The van der Waals surface area contributed by atoms with Crippen LogP contribution in [0, 0.1) is 11.7 Å². The Kier molecular flexibility index (Phi) is 4.45. The molecule has 1 aliphatic rings. The van der Waals surface area contributed by atoms with Crippen molar-refractivity contribution in [3.8, 4) is 0 Å². The van der Waals surface area contributed by atoms with Gasteiger partial charge in [0.1, 0.15) is 5.82 Å². The van der Waals surface area contributed by atoms with Crippen LogP contribution in [-0.2, 0) is 16.6 Å². The Morgan fingerprint density at radius 1 is 1.42 bits per heavy atom. The zero-order valence-corrected chi connectivity index (χ0v) is 11.9. The number of nitrogens with two attached hydrogens (primary N) is 1. The third-order valence-electron chi connectivity index (χ3n) is 3.15. The van der Waals surface area contributed by atoms with Crippen molar-refractivity contribution in [3.05, 3.63) is 28.5 Å². The average molecular weight is 307 g/mol. The van der Waals surface area contributed by atoms with Gasteiger partial charge in [-0.2, -0.15) is 0 Å². The highest BCUT2D eigenvalue weighted by Crippen LogP contribution is 2.32. The van der Waals surface area contributed by atoms with Gasteiger partial charge in [-0.25, -0.2) is 17.5 Å². The number of nitrogens with one attached hydrogen (secondary N) is 1. The minimum atomic E-state index is -3.70. The fourth-order valence-electron chi connectivity index (χ4n) is 1.81. The predicted molar refractivity (Wildman–Crippen MR) is 71.8 cm³/mol. The molecule has 0 heterocycles. The third-order valence-corrected chi connectivity index (χ3v) is 5.01. The molecule has 0 unspecified atom stereocenters. The maximum atomic E-state index is 13.5. The van der Waals surface area contributed by atoms with E-state index in [0.29, 0.717) is 12.5 Å². The molecule has 0 saturated heterocycles. The van der Waals surface area contributed by atoms with E-state index >= 15 is 0 Å². The van der Waals surface area contributed by atoms with E-state index in [4.69, 9.17) is 17.3 Å². The maximum absolute atomic E-state index is 13.5. The summed E-state index contributed by atoms with van der Waals surface area (Å²) in [5, 5.41) is -0.126. The van der Waals surface area contributed by atoms with Crippen LogP contribution in [-0.4, -0.2) is 15.0 Å². The van der Waals surface area contributed by atoms with Crippen LogP contribution in [0.1, 0.15) is 24.8 Å². The number of hydrogen-bond donors (Lipinski definition) is 2. The minimum absolute atomic E-state index is 0.0127. The van der Waals surface area contributed by atoms with Crippen LogP contribution in [0.4, 0.5) is 4.39 Å². The molecular weight excluding hydrogens is 291 g/mol. The van der Waals surface area contributed by atoms with E-state index < -0.39 is 15.8 Å². The molecule has 0 bridgehead atoms. The van der Waals surface area contributed by atoms with E-state index in [2.05, 4.69) is 4.72 Å². The Balaban J connectivity index is 2.16. The van der Waals surface area contributed by atoms with E-state index in [0.717, 1.165) is 25.3 Å². The summed E-state index contributed by atoms with van der Waals surface area (Å²) in [4.78, 5) is -0.134. The number of sulfonamides is 1. The van der Waals surface area contributed by atoms with Crippen LogP contribution in [0.2, 0.25) is 5.02 Å². The number of hydrogen-bond acceptors (Lipinski definition) is 3. The van der Waals surface area contributed by atoms with Crippen LogP contribution < -0.4 is 10.5 Å². The first kappa shape index (κ1) is 14.7. The predicted octanol–water partition coefficient (Wildman–Crippen LogP) is 2.02. The molecule has 1 saturated carbocycles. The molecule has 106 valence electrons. The van der Waals surface area contributed by atoms with Crippen molar-refractivity contribution >= 4 is 21.6 Å². The van der Waals surface area contributed by atoms with Crippen molar-refractivity contribution < 1.29 is 12.8 Å². The van der Waals surface area contributed by atoms with Crippen LogP contribution in [0.5, 0.6) is 0 Å². The van der Waals surface area contributed by atoms with Crippen molar-refractivity contribution in [2.45, 2.75) is 30.7 Å². The summed E-state index contributed by atoms with van der Waals surface area (Å²) in [5.41, 5.74) is 5.70. The van der Waals surface area contributed by atoms with Gasteiger partial charge in [0, 0.05) is 13.1 Å². The highest BCUT2D eigenvalue weighted by atomic mass is 35.5. The first-order valence-electron chi connectivity index (χ1n) is 6.11. The molecule has 19 heavy (non-hydrogen) atoms. The molecule has 3 N–H and O–H groups in total. The highest BCUT2D eigenvalue weighted by molar-refractivity contribution is 7.89. The molecule has 1 aromatic carbocycles. The Hall–Kier alpha value is -0.690. The van der Waals surface area contributed by atoms with E-state index in [1.54, 1.807) is 0 Å². The van der Waals surface area contributed by atoms with E-state index in [1.807, 2.05) is 0 Å². The van der Waals surface area contributed by atoms with Crippen LogP contribution in [0.25, 0.3) is 0 Å². The molecule has 0 aliphatic heterocycles. The first-order valence-corrected chi connectivity index (χ1v) is 7.98. The molecule has 0 aromatic heterocycles. The molecule has 1 aliphatic carbocycles. The number of halogens is 2. The summed E-state index contributed by atoms with van der Waals surface area (Å²) < 4.78 is 40.0. The molecular formula is C12H16ClFN2O2S. The normalized spacial score (nSPS) is 15.7. The van der Waals surface area contributed by atoms with Crippen LogP contribution in [0.3, 0.4) is 0 Å². The van der Waals surface area contributed by atoms with Crippen molar-refractivity contribution in [2.75, 3.05) is 6.54 Å². The molecule has 0 atom stereocenters. The SMILES string of the molecule is NCc1cc(S(=O)(=O)NCCC2CC2)cc(F)c1Cl. The molecule has 1 aromatic rings. The molecule has 2 rings (SSSR count). The molecule has 7 heteroatoms. The highest BCUT2D eigenvalue weighted by Gasteiger charge is 2.23. The van der Waals surface area contributed by atoms with Gasteiger partial charge in [0.05, 0.1) is 9.92 Å². The minimum Gasteiger partial charge on any atom is -0.326 e. The second-order valence-corrected chi connectivity index (χ2v) is 6.86. The Morgan fingerprint density at radius 2 is 2.11 bits per heavy atom. The average Bonchev–Trinajstić information content (AvgIpc) is 3.16. The monoisotopic (exact) mass is 306 g/mol. The summed E-state index contributed by atoms with van der Waals surface area (Å²) in [7, 11) is -3.70. The van der Waals surface area contributed by atoms with Gasteiger partial charge in [-0.3, -0.25) is 0 Å². The fourth-order valence-corrected chi connectivity index (χ4v) is 3.10. The fraction of sp³-hybridized carbons (Fsp3) is 0.500. The van der Waals surface area contributed by atoms with Gasteiger partial charge >= 0.3 is 0 Å². The standard InChI is InChI=1S/C12H16ClFN2O2S/c13-12-9(7-15)5-10(6-11(12)14)19(17,18)16-4-3-8-1-2-8/h5-6,8,16H,1-4,7,15H2. The largest absolute Gasteiger partial charge is 0.326 e. The zero-order valence-electron chi connectivity index (χ0n) is 10.3. The zero-order chi connectivity index (χ0) is 14.0. The summed E-state index contributed by atoms with van der Waals surface area (Å²) >= 11 is 5.70. The lowest BCUT2D eigenvalue weighted by Gasteiger charge is -2.09. The van der Waals surface area contributed by atoms with Gasteiger partial charge in [-0.1, -0.05) is 24.4 Å². The van der Waals surface area contributed by atoms with E-state index in [9.17, 15) is 12.8 Å². The van der Waals surface area contributed by atoms with Crippen LogP contribution in [0.15, 0.2) is 17.0 Å². The number of rotatable bonds is 6. The second kappa shape index (κ2) is 5.75. The van der Waals surface area contributed by atoms with Gasteiger partial charge in [0.25, 0.3) is 0 Å². The van der Waals surface area contributed by atoms with Crippen molar-refractivity contribution in [2.24, 2.45) is 11.7 Å². The van der Waals surface area contributed by atoms with Gasteiger partial charge in [0.15, 0.2) is 0 Å². The van der Waals surface area contributed by atoms with Crippen molar-refractivity contribution in [1.82, 2.24) is 4.72 Å². The molecule has 4 nitrogen and oxygen atoms in total. The lowest BCUT2D eigenvalue weighted by Crippen LogP contribution is -2.25. The Labute approximate surface area is 117 Å². The molecule has 0 amide bonds. The van der Waals surface area contributed by atoms with Gasteiger partial charge in [-0.15, -0.1) is 0 Å². The van der Waals surface area contributed by atoms with Gasteiger partial charge in [-0.05, 0) is 30.0 Å². The Morgan fingerprint density at radius 3 is 2.68 bits per heavy atom. The summed E-state index contributed by atoms with van der Waals surface area (Å²) in [6, 6.07) is 2.23. The van der Waals surface area contributed by atoms with Crippen molar-refractivity contribution in [3.63, 3.8) is 0 Å². The summed E-state index contributed by atoms with van der Waals surface area (Å²) in [5.74, 6) is -0.142. The van der Waals surface area contributed by atoms with Gasteiger partial charge < -0.3 is 5.73 Å². The van der Waals surface area contributed by atoms with Crippen LogP contribution >= 0.6 is 11.6 Å². The van der Waals surface area contributed by atoms with Crippen molar-refractivity contribution in [1.29, 1.82) is 0 Å². The maximum Gasteiger partial charge on any atom is 0.240 e. The molecule has 0 radical (unpaired) electrons.